The number of para-hydroxylation sites is 1. The van der Waals surface area contributed by atoms with E-state index in [1.807, 2.05) is 24.3 Å². The van der Waals surface area contributed by atoms with Crippen molar-refractivity contribution in [3.05, 3.63) is 65.2 Å². The summed E-state index contributed by atoms with van der Waals surface area (Å²) in [4.78, 5) is 12.1. The maximum Gasteiger partial charge on any atom is 0.387 e. The summed E-state index contributed by atoms with van der Waals surface area (Å²) in [5.41, 5.74) is 8.67. The number of halogens is 3. The molecule has 2 rings (SSSR count). The minimum atomic E-state index is -2.93. The zero-order valence-corrected chi connectivity index (χ0v) is 16.1. The molecule has 0 aliphatic rings. The highest BCUT2D eigenvalue weighted by molar-refractivity contribution is 5.85. The molecule has 0 aliphatic carbocycles. The summed E-state index contributed by atoms with van der Waals surface area (Å²) >= 11 is 0. The molecular formula is C20H25ClF2N2O2. The summed E-state index contributed by atoms with van der Waals surface area (Å²) < 4.78 is 29.3. The first-order valence-electron chi connectivity index (χ1n) is 8.51. The number of ether oxygens (including phenoxy) is 1. The van der Waals surface area contributed by atoms with Crippen LogP contribution in [0, 0.1) is 0 Å². The first-order chi connectivity index (χ1) is 12.4. The molecule has 3 N–H and O–H groups in total. The number of hydrogen-bond acceptors (Lipinski definition) is 3. The van der Waals surface area contributed by atoms with E-state index < -0.39 is 6.61 Å². The van der Waals surface area contributed by atoms with Crippen LogP contribution in [0.3, 0.4) is 0 Å². The Morgan fingerprint density at radius 3 is 2.26 bits per heavy atom. The van der Waals surface area contributed by atoms with E-state index in [0.717, 1.165) is 5.56 Å². The van der Waals surface area contributed by atoms with Crippen molar-refractivity contribution in [2.75, 3.05) is 6.54 Å². The van der Waals surface area contributed by atoms with Crippen molar-refractivity contribution < 1.29 is 18.3 Å². The second-order valence-electron chi connectivity index (χ2n) is 6.39. The number of carbonyl (C=O) groups excluding carboxylic acids is 1. The molecule has 27 heavy (non-hydrogen) atoms. The molecule has 148 valence electrons. The first kappa shape index (κ1) is 22.9. The number of nitrogens with one attached hydrogen (secondary N) is 1. The van der Waals surface area contributed by atoms with Crippen LogP contribution in [0.1, 0.15) is 42.5 Å². The molecule has 0 radical (unpaired) electrons. The van der Waals surface area contributed by atoms with Crippen molar-refractivity contribution in [1.29, 1.82) is 0 Å². The van der Waals surface area contributed by atoms with Gasteiger partial charge in [0.25, 0.3) is 0 Å². The number of amides is 1. The van der Waals surface area contributed by atoms with Gasteiger partial charge in [-0.05, 0) is 23.1 Å². The summed E-state index contributed by atoms with van der Waals surface area (Å²) in [7, 11) is 0. The lowest BCUT2D eigenvalue weighted by molar-refractivity contribution is -0.120. The lowest BCUT2D eigenvalue weighted by atomic mass is 9.99. The van der Waals surface area contributed by atoms with Crippen LogP contribution in [0.4, 0.5) is 8.78 Å². The monoisotopic (exact) mass is 398 g/mol. The summed E-state index contributed by atoms with van der Waals surface area (Å²) in [6.07, 6.45) is -0.0537. The lowest BCUT2D eigenvalue weighted by Gasteiger charge is -2.15. The molecule has 2 aromatic rings. The molecule has 1 unspecified atom stereocenters. The lowest BCUT2D eigenvalue weighted by Crippen LogP contribution is -2.33. The Balaban J connectivity index is 0.00000364. The van der Waals surface area contributed by atoms with Crippen molar-refractivity contribution in [2.45, 2.75) is 38.8 Å². The van der Waals surface area contributed by atoms with Gasteiger partial charge < -0.3 is 15.8 Å². The normalized spacial score (nSPS) is 11.8. The Hall–Kier alpha value is -2.18. The average molecular weight is 399 g/mol. The molecule has 0 bridgehead atoms. The van der Waals surface area contributed by atoms with E-state index in [2.05, 4.69) is 23.9 Å². The van der Waals surface area contributed by atoms with Gasteiger partial charge in [0.2, 0.25) is 5.91 Å². The smallest absolute Gasteiger partial charge is 0.387 e. The van der Waals surface area contributed by atoms with Crippen LogP contribution in [0.15, 0.2) is 48.5 Å². The fourth-order valence-electron chi connectivity index (χ4n) is 2.57. The Morgan fingerprint density at radius 2 is 1.67 bits per heavy atom. The Labute approximate surface area is 164 Å². The van der Waals surface area contributed by atoms with E-state index >= 15 is 0 Å². The third kappa shape index (κ3) is 7.15. The summed E-state index contributed by atoms with van der Waals surface area (Å²) in [5.74, 6) is 0.145. The van der Waals surface area contributed by atoms with Crippen molar-refractivity contribution in [1.82, 2.24) is 5.32 Å². The standard InChI is InChI=1S/C20H24F2N2O2.ClH/c1-13(2)14-7-9-15(10-8-14)17(23)12-24-19(25)11-16-5-3-4-6-18(16)26-20(21)22;/h3-10,13,17,20H,11-12,23H2,1-2H3,(H,24,25);1H. The highest BCUT2D eigenvalue weighted by Gasteiger charge is 2.13. The van der Waals surface area contributed by atoms with Crippen molar-refractivity contribution >= 4 is 18.3 Å². The largest absolute Gasteiger partial charge is 0.435 e. The van der Waals surface area contributed by atoms with E-state index in [0.29, 0.717) is 11.5 Å². The van der Waals surface area contributed by atoms with Gasteiger partial charge in [0.1, 0.15) is 5.75 Å². The molecule has 2 aromatic carbocycles. The van der Waals surface area contributed by atoms with E-state index in [4.69, 9.17) is 5.73 Å². The predicted octanol–water partition coefficient (Wildman–Crippen LogP) is 4.19. The third-order valence-corrected chi connectivity index (χ3v) is 4.09. The van der Waals surface area contributed by atoms with Crippen LogP contribution >= 0.6 is 12.4 Å². The van der Waals surface area contributed by atoms with Crippen molar-refractivity contribution in [2.24, 2.45) is 5.73 Å². The van der Waals surface area contributed by atoms with Gasteiger partial charge in [-0.25, -0.2) is 0 Å². The quantitative estimate of drug-likeness (QED) is 0.700. The molecule has 0 aromatic heterocycles. The maximum absolute atomic E-state index is 12.4. The first-order valence-corrected chi connectivity index (χ1v) is 8.51. The van der Waals surface area contributed by atoms with E-state index in [9.17, 15) is 13.6 Å². The minimum Gasteiger partial charge on any atom is -0.435 e. The fraction of sp³-hybridized carbons (Fsp3) is 0.350. The average Bonchev–Trinajstić information content (AvgIpc) is 2.61. The van der Waals surface area contributed by atoms with Gasteiger partial charge in [0.15, 0.2) is 0 Å². The molecule has 1 atom stereocenters. The van der Waals surface area contributed by atoms with Gasteiger partial charge in [-0.15, -0.1) is 12.4 Å². The number of carbonyl (C=O) groups is 1. The fourth-order valence-corrected chi connectivity index (χ4v) is 2.57. The predicted molar refractivity (Wildman–Crippen MR) is 104 cm³/mol. The number of alkyl halides is 2. The molecule has 1 amide bonds. The molecule has 0 saturated heterocycles. The summed E-state index contributed by atoms with van der Waals surface area (Å²) in [5, 5.41) is 2.74. The van der Waals surface area contributed by atoms with Crippen LogP contribution in [-0.4, -0.2) is 19.1 Å². The zero-order valence-electron chi connectivity index (χ0n) is 15.3. The van der Waals surface area contributed by atoms with Crippen LogP contribution in [-0.2, 0) is 11.2 Å². The maximum atomic E-state index is 12.4. The number of rotatable bonds is 8. The highest BCUT2D eigenvalue weighted by atomic mass is 35.5. The van der Waals surface area contributed by atoms with E-state index in [1.54, 1.807) is 18.2 Å². The summed E-state index contributed by atoms with van der Waals surface area (Å²) in [6.45, 7) is 1.56. The number of hydrogen-bond donors (Lipinski definition) is 2. The highest BCUT2D eigenvalue weighted by Crippen LogP contribution is 2.21. The van der Waals surface area contributed by atoms with E-state index in [1.165, 1.54) is 11.6 Å². The van der Waals surface area contributed by atoms with Crippen LogP contribution in [0.5, 0.6) is 5.75 Å². The molecule has 4 nitrogen and oxygen atoms in total. The Morgan fingerprint density at radius 1 is 1.07 bits per heavy atom. The van der Waals surface area contributed by atoms with Crippen LogP contribution in [0.2, 0.25) is 0 Å². The topological polar surface area (TPSA) is 64.3 Å². The minimum absolute atomic E-state index is 0. The second kappa shape index (κ2) is 10.8. The molecule has 0 heterocycles. The number of nitrogens with two attached hydrogens (primary N) is 1. The van der Waals surface area contributed by atoms with Gasteiger partial charge in [-0.1, -0.05) is 56.3 Å². The van der Waals surface area contributed by atoms with E-state index in [-0.39, 0.29) is 43.1 Å². The van der Waals surface area contributed by atoms with Gasteiger partial charge in [0, 0.05) is 18.2 Å². The zero-order chi connectivity index (χ0) is 19.1. The van der Waals surface area contributed by atoms with Crippen LogP contribution < -0.4 is 15.8 Å². The SMILES string of the molecule is CC(C)c1ccc(C(N)CNC(=O)Cc2ccccc2OC(F)F)cc1.Cl. The molecule has 7 heteroatoms. The van der Waals surface area contributed by atoms with Crippen molar-refractivity contribution in [3.63, 3.8) is 0 Å². The van der Waals surface area contributed by atoms with Gasteiger partial charge in [-0.3, -0.25) is 4.79 Å². The number of benzene rings is 2. The summed E-state index contributed by atoms with van der Waals surface area (Å²) in [6, 6.07) is 13.9. The van der Waals surface area contributed by atoms with Gasteiger partial charge in [-0.2, -0.15) is 8.78 Å². The molecular weight excluding hydrogens is 374 g/mol. The Kier molecular flexibility index (Phi) is 9.18. The van der Waals surface area contributed by atoms with Gasteiger partial charge in [0.05, 0.1) is 6.42 Å². The third-order valence-electron chi connectivity index (χ3n) is 4.09. The molecule has 0 saturated carbocycles. The molecule has 0 fully saturated rings. The van der Waals surface area contributed by atoms with Gasteiger partial charge >= 0.3 is 6.61 Å². The second-order valence-corrected chi connectivity index (χ2v) is 6.39. The Bertz CT molecular complexity index is 724. The van der Waals surface area contributed by atoms with Crippen molar-refractivity contribution in [3.8, 4) is 5.75 Å². The molecule has 0 spiro atoms. The molecule has 0 aliphatic heterocycles. The van der Waals surface area contributed by atoms with Crippen LogP contribution in [0.25, 0.3) is 0 Å².